The fraction of sp³-hybridized carbons (Fsp3) is 0.500. The van der Waals surface area contributed by atoms with Gasteiger partial charge in [-0.25, -0.2) is 0 Å². The van der Waals surface area contributed by atoms with Crippen LogP contribution in [0.25, 0.3) is 10.9 Å². The van der Waals surface area contributed by atoms with E-state index in [0.717, 1.165) is 22.0 Å². The molecule has 8 N–H and O–H groups in total. The van der Waals surface area contributed by atoms with Crippen molar-refractivity contribution in [1.29, 1.82) is 0 Å². The second-order valence-corrected chi connectivity index (χ2v) is 15.6. The first-order valence-electron chi connectivity index (χ1n) is 19.7. The first kappa shape index (κ1) is 44.0. The van der Waals surface area contributed by atoms with E-state index >= 15 is 0 Å². The number of H-pyrrole nitrogens is 1. The van der Waals surface area contributed by atoms with Crippen LogP contribution in [0, 0.1) is 11.8 Å². The van der Waals surface area contributed by atoms with Crippen LogP contribution in [0.1, 0.15) is 84.8 Å². The molecular formula is C42H58N8O7. The number of fused-ring (bicyclic) bond motifs is 1. The molecule has 7 amide bonds. The summed E-state index contributed by atoms with van der Waals surface area (Å²) in [5, 5.41) is 20.2. The molecule has 0 aliphatic carbocycles. The van der Waals surface area contributed by atoms with Gasteiger partial charge in [-0.2, -0.15) is 0 Å². The van der Waals surface area contributed by atoms with Crippen molar-refractivity contribution in [3.63, 3.8) is 0 Å². The second-order valence-electron chi connectivity index (χ2n) is 15.6. The average molecular weight is 787 g/mol. The van der Waals surface area contributed by atoms with Crippen LogP contribution in [0.15, 0.2) is 60.8 Å². The van der Waals surface area contributed by atoms with E-state index in [0.29, 0.717) is 0 Å². The van der Waals surface area contributed by atoms with E-state index < -0.39 is 89.4 Å². The number of hydrogen-bond donors (Lipinski definition) is 8. The fourth-order valence-corrected chi connectivity index (χ4v) is 6.76. The molecule has 0 bridgehead atoms. The Hall–Kier alpha value is -5.73. The standard InChI is InChI=1S/C42H58N8O7/c1-23(2)20-32-40(55)46-27(7)37(52)47-33(21-29-22-44-31-17-12-11-16-30(29)31)39(54)43-19-13-18-34(51)45-26(6)38(53)49-35(24(3)4)41(56)50-36(42(57)48-32)25(5)28-14-9-8-10-15-28/h8-12,14-17,22-27,32-33,35-36,44H,13,18-21H2,1-7H3,(H,43,54)(H,45,51)(H,46,55)(H,47,52)(H,48,57)(H,49,53)(H,50,56)/t25-,26-,27+,32+,33+,35+,36+/m0/s1. The van der Waals surface area contributed by atoms with Crippen molar-refractivity contribution in [3.05, 3.63) is 71.9 Å². The number of hydrogen-bond acceptors (Lipinski definition) is 7. The first-order chi connectivity index (χ1) is 27.0. The van der Waals surface area contributed by atoms with Gasteiger partial charge in [-0.15, -0.1) is 0 Å². The van der Waals surface area contributed by atoms with Crippen LogP contribution in [0.2, 0.25) is 0 Å². The molecule has 57 heavy (non-hydrogen) atoms. The predicted octanol–water partition coefficient (Wildman–Crippen LogP) is 2.07. The molecule has 1 saturated heterocycles. The predicted molar refractivity (Wildman–Crippen MR) is 216 cm³/mol. The van der Waals surface area contributed by atoms with Crippen molar-refractivity contribution in [3.8, 4) is 0 Å². The van der Waals surface area contributed by atoms with Crippen molar-refractivity contribution in [2.45, 2.75) is 116 Å². The van der Waals surface area contributed by atoms with E-state index in [9.17, 15) is 33.6 Å². The maximum Gasteiger partial charge on any atom is 0.243 e. The Labute approximate surface area is 334 Å². The molecule has 4 rings (SSSR count). The molecule has 1 aliphatic heterocycles. The van der Waals surface area contributed by atoms with Crippen molar-refractivity contribution in [1.82, 2.24) is 42.2 Å². The highest BCUT2D eigenvalue weighted by Gasteiger charge is 2.36. The van der Waals surface area contributed by atoms with Gasteiger partial charge in [-0.05, 0) is 55.7 Å². The minimum absolute atomic E-state index is 0.0136. The number of carbonyl (C=O) groups is 7. The van der Waals surface area contributed by atoms with E-state index in [1.807, 2.05) is 68.4 Å². The zero-order valence-corrected chi connectivity index (χ0v) is 33.9. The lowest BCUT2D eigenvalue weighted by Crippen LogP contribution is -2.61. The molecule has 3 aromatic rings. The van der Waals surface area contributed by atoms with Crippen molar-refractivity contribution in [2.24, 2.45) is 11.8 Å². The summed E-state index contributed by atoms with van der Waals surface area (Å²) < 4.78 is 0. The lowest BCUT2D eigenvalue weighted by atomic mass is 9.91. The molecule has 7 atom stereocenters. The molecule has 0 spiro atoms. The molecule has 2 heterocycles. The monoisotopic (exact) mass is 786 g/mol. The minimum Gasteiger partial charge on any atom is -0.361 e. The van der Waals surface area contributed by atoms with Gasteiger partial charge in [0.05, 0.1) is 0 Å². The third-order valence-corrected chi connectivity index (χ3v) is 10.1. The number of aromatic amines is 1. The van der Waals surface area contributed by atoms with Crippen LogP contribution < -0.4 is 37.2 Å². The second kappa shape index (κ2) is 20.4. The average Bonchev–Trinajstić information content (AvgIpc) is 3.58. The van der Waals surface area contributed by atoms with E-state index in [1.165, 1.54) is 13.8 Å². The summed E-state index contributed by atoms with van der Waals surface area (Å²) in [4.78, 5) is 98.6. The number of para-hydroxylation sites is 1. The Morgan fingerprint density at radius 2 is 1.21 bits per heavy atom. The van der Waals surface area contributed by atoms with Crippen molar-refractivity contribution < 1.29 is 33.6 Å². The Morgan fingerprint density at radius 3 is 1.89 bits per heavy atom. The summed E-state index contributed by atoms with van der Waals surface area (Å²) >= 11 is 0. The Balaban J connectivity index is 1.66. The van der Waals surface area contributed by atoms with E-state index in [-0.39, 0.29) is 38.1 Å². The highest BCUT2D eigenvalue weighted by atomic mass is 16.2. The van der Waals surface area contributed by atoms with Crippen molar-refractivity contribution in [2.75, 3.05) is 6.54 Å². The van der Waals surface area contributed by atoms with E-state index in [4.69, 9.17) is 0 Å². The number of aromatic nitrogens is 1. The largest absolute Gasteiger partial charge is 0.361 e. The summed E-state index contributed by atoms with van der Waals surface area (Å²) in [6, 6.07) is 10.2. The molecule has 308 valence electrons. The molecule has 1 fully saturated rings. The Kier molecular flexibility index (Phi) is 15.8. The van der Waals surface area contributed by atoms with Crippen LogP contribution in [0.4, 0.5) is 0 Å². The number of carbonyl (C=O) groups excluding carboxylic acids is 7. The van der Waals surface area contributed by atoms with Crippen LogP contribution in [0.5, 0.6) is 0 Å². The molecule has 15 nitrogen and oxygen atoms in total. The smallest absolute Gasteiger partial charge is 0.243 e. The molecular weight excluding hydrogens is 729 g/mol. The van der Waals surface area contributed by atoms with Gasteiger partial charge in [0.15, 0.2) is 0 Å². The number of benzene rings is 2. The van der Waals surface area contributed by atoms with Crippen LogP contribution in [0.3, 0.4) is 0 Å². The highest BCUT2D eigenvalue weighted by molar-refractivity contribution is 5.97. The molecule has 0 radical (unpaired) electrons. The van der Waals surface area contributed by atoms with Gasteiger partial charge in [0.25, 0.3) is 0 Å². The normalized spacial score (nSPS) is 24.8. The molecule has 0 saturated carbocycles. The van der Waals surface area contributed by atoms with Crippen LogP contribution in [-0.4, -0.2) is 89.1 Å². The van der Waals surface area contributed by atoms with Gasteiger partial charge in [0.2, 0.25) is 41.4 Å². The summed E-state index contributed by atoms with van der Waals surface area (Å²) in [6.45, 7) is 12.1. The van der Waals surface area contributed by atoms with Gasteiger partial charge in [-0.3, -0.25) is 33.6 Å². The zero-order chi connectivity index (χ0) is 41.8. The van der Waals surface area contributed by atoms with Crippen LogP contribution >= 0.6 is 0 Å². The maximum atomic E-state index is 14.2. The lowest BCUT2D eigenvalue weighted by Gasteiger charge is -2.31. The van der Waals surface area contributed by atoms with Gasteiger partial charge >= 0.3 is 0 Å². The van der Waals surface area contributed by atoms with Gasteiger partial charge in [0, 0.05) is 42.4 Å². The number of nitrogens with one attached hydrogen (secondary N) is 8. The summed E-state index contributed by atoms with van der Waals surface area (Å²) in [7, 11) is 0. The molecule has 1 aliphatic rings. The quantitative estimate of drug-likeness (QED) is 0.178. The highest BCUT2D eigenvalue weighted by Crippen LogP contribution is 2.22. The van der Waals surface area contributed by atoms with Gasteiger partial charge in [-0.1, -0.05) is 83.1 Å². The van der Waals surface area contributed by atoms with Gasteiger partial charge in [0.1, 0.15) is 36.3 Å². The number of rotatable bonds is 7. The van der Waals surface area contributed by atoms with Gasteiger partial charge < -0.3 is 42.2 Å². The first-order valence-corrected chi connectivity index (χ1v) is 19.7. The zero-order valence-electron chi connectivity index (χ0n) is 33.9. The van der Waals surface area contributed by atoms with E-state index in [2.05, 4.69) is 42.2 Å². The molecule has 0 unspecified atom stereocenters. The number of amides is 7. The summed E-state index contributed by atoms with van der Waals surface area (Å²) in [5.41, 5.74) is 2.40. The minimum atomic E-state index is -1.18. The Morgan fingerprint density at radius 1 is 0.614 bits per heavy atom. The molecule has 15 heteroatoms. The SMILES string of the molecule is CC(C)C[C@H]1NC(=O)[C@@H]([C@@H](C)c2ccccc2)NC(=O)[C@@H](C(C)C)NC(=O)[C@H](C)NC(=O)CCCNC(=O)[C@@H](Cc2c[nH]c3ccccc23)NC(=O)[C@@H](C)NC1=O. The third-order valence-electron chi connectivity index (χ3n) is 10.1. The lowest BCUT2D eigenvalue weighted by molar-refractivity contribution is -0.136. The third kappa shape index (κ3) is 12.4. The maximum absolute atomic E-state index is 14.2. The topological polar surface area (TPSA) is 219 Å². The summed E-state index contributed by atoms with van der Waals surface area (Å²) in [6.07, 6.45) is 2.35. The summed E-state index contributed by atoms with van der Waals surface area (Å²) in [5.74, 6) is -5.05. The van der Waals surface area contributed by atoms with E-state index in [1.54, 1.807) is 27.0 Å². The Bertz CT molecular complexity index is 1890. The van der Waals surface area contributed by atoms with Crippen molar-refractivity contribution >= 4 is 52.3 Å². The molecule has 1 aromatic heterocycles. The fourth-order valence-electron chi connectivity index (χ4n) is 6.76. The van der Waals surface area contributed by atoms with Crippen LogP contribution in [-0.2, 0) is 40.0 Å². The molecule has 2 aromatic carbocycles.